The molecule has 7 heteroatoms. The second-order valence-corrected chi connectivity index (χ2v) is 4.77. The molecule has 0 unspecified atom stereocenters. The van der Waals surface area contributed by atoms with Crippen molar-refractivity contribution in [1.82, 2.24) is 20.2 Å². The van der Waals surface area contributed by atoms with Gasteiger partial charge >= 0.3 is 5.97 Å². The summed E-state index contributed by atoms with van der Waals surface area (Å²) >= 11 is 5.87. The van der Waals surface area contributed by atoms with Gasteiger partial charge in [-0.2, -0.15) is 0 Å². The van der Waals surface area contributed by atoms with Gasteiger partial charge in [0, 0.05) is 5.02 Å². The quantitative estimate of drug-likeness (QED) is 0.804. The van der Waals surface area contributed by atoms with Gasteiger partial charge in [-0.15, -0.1) is 5.10 Å². The lowest BCUT2D eigenvalue weighted by Gasteiger charge is -2.07. The van der Waals surface area contributed by atoms with Crippen LogP contribution in [0.5, 0.6) is 0 Å². The Morgan fingerprint density at radius 2 is 1.86 bits per heavy atom. The average molecular weight is 301 g/mol. The van der Waals surface area contributed by atoms with E-state index in [-0.39, 0.29) is 5.56 Å². The lowest BCUT2D eigenvalue weighted by molar-refractivity contribution is 0.0697. The van der Waals surface area contributed by atoms with Crippen LogP contribution < -0.4 is 0 Å². The van der Waals surface area contributed by atoms with Gasteiger partial charge in [0.2, 0.25) is 0 Å². The number of aromatic nitrogens is 4. The Morgan fingerprint density at radius 3 is 2.48 bits per heavy atom. The van der Waals surface area contributed by atoms with Crippen LogP contribution >= 0.6 is 11.6 Å². The summed E-state index contributed by atoms with van der Waals surface area (Å²) in [7, 11) is 0. The number of nitrogens with zero attached hydrogens (tertiary/aromatic N) is 4. The predicted octanol–water partition coefficient (Wildman–Crippen LogP) is 2.68. The lowest BCUT2D eigenvalue weighted by atomic mass is 10.0. The Hall–Kier alpha value is -2.73. The van der Waals surface area contributed by atoms with Gasteiger partial charge in [-0.05, 0) is 51.9 Å². The lowest BCUT2D eigenvalue weighted by Crippen LogP contribution is -2.02. The fourth-order valence-corrected chi connectivity index (χ4v) is 2.08. The zero-order chi connectivity index (χ0) is 14.8. The van der Waals surface area contributed by atoms with Crippen molar-refractivity contribution in [1.29, 1.82) is 0 Å². The van der Waals surface area contributed by atoms with Crippen molar-refractivity contribution in [3.05, 3.63) is 59.4 Å². The molecule has 0 aliphatic carbocycles. The summed E-state index contributed by atoms with van der Waals surface area (Å²) in [4.78, 5) is 11.3. The highest BCUT2D eigenvalue weighted by Crippen LogP contribution is 2.25. The number of tetrazole rings is 1. The maximum atomic E-state index is 11.3. The van der Waals surface area contributed by atoms with Crippen molar-refractivity contribution >= 4 is 17.6 Å². The van der Waals surface area contributed by atoms with Gasteiger partial charge in [0.1, 0.15) is 6.33 Å². The molecule has 6 nitrogen and oxygen atoms in total. The zero-order valence-corrected chi connectivity index (χ0v) is 11.4. The second-order valence-electron chi connectivity index (χ2n) is 4.34. The molecule has 0 aliphatic rings. The van der Waals surface area contributed by atoms with Crippen molar-refractivity contribution < 1.29 is 9.90 Å². The van der Waals surface area contributed by atoms with E-state index in [1.165, 1.54) is 17.1 Å². The Morgan fingerprint density at radius 1 is 1.10 bits per heavy atom. The van der Waals surface area contributed by atoms with Crippen LogP contribution in [-0.2, 0) is 0 Å². The summed E-state index contributed by atoms with van der Waals surface area (Å²) < 4.78 is 1.41. The summed E-state index contributed by atoms with van der Waals surface area (Å²) in [5.41, 5.74) is 2.34. The molecule has 3 rings (SSSR count). The Bertz CT molecular complexity index is 785. The molecule has 0 bridgehead atoms. The van der Waals surface area contributed by atoms with Gasteiger partial charge in [0.15, 0.2) is 0 Å². The van der Waals surface area contributed by atoms with E-state index in [0.717, 1.165) is 11.1 Å². The first-order valence-electron chi connectivity index (χ1n) is 6.01. The maximum Gasteiger partial charge on any atom is 0.335 e. The molecule has 2 aromatic carbocycles. The minimum absolute atomic E-state index is 0.160. The molecule has 0 saturated carbocycles. The second kappa shape index (κ2) is 5.34. The number of hydrogen-bond acceptors (Lipinski definition) is 4. The first kappa shape index (κ1) is 13.3. The predicted molar refractivity (Wildman–Crippen MR) is 76.6 cm³/mol. The van der Waals surface area contributed by atoms with Crippen molar-refractivity contribution in [2.24, 2.45) is 0 Å². The van der Waals surface area contributed by atoms with Gasteiger partial charge in [-0.3, -0.25) is 0 Å². The molecule has 0 spiro atoms. The van der Waals surface area contributed by atoms with E-state index in [1.54, 1.807) is 18.2 Å². The third kappa shape index (κ3) is 2.75. The highest BCUT2D eigenvalue weighted by atomic mass is 35.5. The van der Waals surface area contributed by atoms with Crippen LogP contribution in [0.25, 0.3) is 16.8 Å². The standard InChI is InChI=1S/C14H9ClN4O2/c15-12-3-1-9(2-4-12)10-5-11(14(20)21)7-13(6-10)19-8-16-17-18-19/h1-8H,(H,20,21). The third-order valence-corrected chi connectivity index (χ3v) is 3.21. The van der Waals surface area contributed by atoms with Gasteiger partial charge in [0.05, 0.1) is 11.3 Å². The minimum atomic E-state index is -1.01. The molecule has 1 N–H and O–H groups in total. The van der Waals surface area contributed by atoms with Crippen LogP contribution in [0.1, 0.15) is 10.4 Å². The fraction of sp³-hybridized carbons (Fsp3) is 0. The van der Waals surface area contributed by atoms with E-state index < -0.39 is 5.97 Å². The van der Waals surface area contributed by atoms with Gasteiger partial charge in [-0.1, -0.05) is 23.7 Å². The van der Waals surface area contributed by atoms with Crippen molar-refractivity contribution in [2.45, 2.75) is 0 Å². The molecule has 0 amide bonds. The molecule has 0 aliphatic heterocycles. The monoisotopic (exact) mass is 300 g/mol. The first-order chi connectivity index (χ1) is 10.1. The van der Waals surface area contributed by atoms with E-state index in [9.17, 15) is 9.90 Å². The Balaban J connectivity index is 2.16. The Labute approximate surface area is 124 Å². The third-order valence-electron chi connectivity index (χ3n) is 2.96. The van der Waals surface area contributed by atoms with Crippen LogP contribution in [0.15, 0.2) is 48.8 Å². The smallest absolute Gasteiger partial charge is 0.335 e. The van der Waals surface area contributed by atoms with E-state index in [0.29, 0.717) is 10.7 Å². The number of rotatable bonds is 3. The van der Waals surface area contributed by atoms with Gasteiger partial charge < -0.3 is 5.11 Å². The van der Waals surface area contributed by atoms with Crippen molar-refractivity contribution in [2.75, 3.05) is 0 Å². The Kier molecular flexibility index (Phi) is 3.37. The SMILES string of the molecule is O=C(O)c1cc(-c2ccc(Cl)cc2)cc(-n2cnnn2)c1. The minimum Gasteiger partial charge on any atom is -0.478 e. The number of aromatic carboxylic acids is 1. The largest absolute Gasteiger partial charge is 0.478 e. The summed E-state index contributed by atoms with van der Waals surface area (Å²) in [6.07, 6.45) is 1.41. The van der Waals surface area contributed by atoms with E-state index in [1.807, 2.05) is 18.2 Å². The molecule has 0 radical (unpaired) electrons. The fourth-order valence-electron chi connectivity index (χ4n) is 1.96. The highest BCUT2D eigenvalue weighted by molar-refractivity contribution is 6.30. The number of halogens is 1. The number of carbonyl (C=O) groups is 1. The summed E-state index contributed by atoms with van der Waals surface area (Å²) in [5.74, 6) is -1.01. The highest BCUT2D eigenvalue weighted by Gasteiger charge is 2.10. The summed E-state index contributed by atoms with van der Waals surface area (Å²) in [5, 5.41) is 20.7. The summed E-state index contributed by atoms with van der Waals surface area (Å²) in [6, 6.07) is 12.1. The van der Waals surface area contributed by atoms with Crippen LogP contribution in [0.3, 0.4) is 0 Å². The maximum absolute atomic E-state index is 11.3. The number of carboxylic acids is 1. The topological polar surface area (TPSA) is 80.9 Å². The van der Waals surface area contributed by atoms with Crippen LogP contribution in [0, 0.1) is 0 Å². The van der Waals surface area contributed by atoms with E-state index >= 15 is 0 Å². The molecule has 0 atom stereocenters. The molecule has 3 aromatic rings. The van der Waals surface area contributed by atoms with Crippen LogP contribution in [-0.4, -0.2) is 31.3 Å². The molecule has 104 valence electrons. The van der Waals surface area contributed by atoms with Crippen molar-refractivity contribution in [3.8, 4) is 16.8 Å². The normalized spacial score (nSPS) is 10.5. The van der Waals surface area contributed by atoms with Gasteiger partial charge in [-0.25, -0.2) is 9.48 Å². The molecule has 0 fully saturated rings. The molecule has 1 aromatic heterocycles. The molecule has 21 heavy (non-hydrogen) atoms. The molecular weight excluding hydrogens is 292 g/mol. The van der Waals surface area contributed by atoms with E-state index in [4.69, 9.17) is 11.6 Å². The van der Waals surface area contributed by atoms with Crippen molar-refractivity contribution in [3.63, 3.8) is 0 Å². The van der Waals surface area contributed by atoms with E-state index in [2.05, 4.69) is 15.5 Å². The van der Waals surface area contributed by atoms with Crippen LogP contribution in [0.2, 0.25) is 5.02 Å². The average Bonchev–Trinajstić information content (AvgIpc) is 3.02. The molecular formula is C14H9ClN4O2. The zero-order valence-electron chi connectivity index (χ0n) is 10.6. The molecule has 1 heterocycles. The molecule has 0 saturated heterocycles. The summed E-state index contributed by atoms with van der Waals surface area (Å²) in [6.45, 7) is 0. The van der Waals surface area contributed by atoms with Crippen LogP contribution in [0.4, 0.5) is 0 Å². The number of hydrogen-bond donors (Lipinski definition) is 1. The number of carboxylic acid groups (broad SMARTS) is 1. The van der Waals surface area contributed by atoms with Gasteiger partial charge in [0.25, 0.3) is 0 Å². The number of benzene rings is 2. The first-order valence-corrected chi connectivity index (χ1v) is 6.39.